The molecule has 6 heteroatoms. The minimum atomic E-state index is -1.04. The van der Waals surface area contributed by atoms with Crippen LogP contribution in [-0.2, 0) is 4.79 Å². The normalized spacial score (nSPS) is 15.1. The summed E-state index contributed by atoms with van der Waals surface area (Å²) in [7, 11) is 1.54. The molecule has 6 nitrogen and oxygen atoms in total. The molecule has 3 atom stereocenters. The summed E-state index contributed by atoms with van der Waals surface area (Å²) in [5.41, 5.74) is 0. The first-order valence-electron chi connectivity index (χ1n) is 5.97. The number of hydrogen-bond acceptors (Lipinski definition) is 3. The van der Waals surface area contributed by atoms with Crippen LogP contribution in [0.2, 0.25) is 0 Å². The molecule has 0 saturated carbocycles. The van der Waals surface area contributed by atoms with E-state index in [0.29, 0.717) is 6.42 Å². The van der Waals surface area contributed by atoms with Gasteiger partial charge >= 0.3 is 12.0 Å². The van der Waals surface area contributed by atoms with Gasteiger partial charge in [0.25, 0.3) is 0 Å². The second kappa shape index (κ2) is 7.54. The molecule has 2 N–H and O–H groups in total. The highest BCUT2D eigenvalue weighted by Gasteiger charge is 2.26. The highest BCUT2D eigenvalue weighted by molar-refractivity contribution is 5.82. The second-order valence-corrected chi connectivity index (χ2v) is 4.56. The van der Waals surface area contributed by atoms with Crippen molar-refractivity contribution in [3.8, 4) is 6.07 Å². The molecule has 0 rings (SSSR count). The Morgan fingerprint density at radius 1 is 1.44 bits per heavy atom. The maximum absolute atomic E-state index is 11.8. The molecule has 0 bridgehead atoms. The van der Waals surface area contributed by atoms with E-state index in [4.69, 9.17) is 10.4 Å². The summed E-state index contributed by atoms with van der Waals surface area (Å²) in [4.78, 5) is 24.1. The SMILES string of the molecule is CCC(C)C(NC(=O)N(C)CC(C)C#N)C(=O)O. The van der Waals surface area contributed by atoms with Crippen LogP contribution >= 0.6 is 0 Å². The molecular weight excluding hydrogens is 234 g/mol. The number of rotatable bonds is 6. The van der Waals surface area contributed by atoms with Gasteiger partial charge in [0.1, 0.15) is 6.04 Å². The largest absolute Gasteiger partial charge is 0.480 e. The van der Waals surface area contributed by atoms with Gasteiger partial charge in [-0.15, -0.1) is 0 Å². The maximum atomic E-state index is 11.8. The van der Waals surface area contributed by atoms with Gasteiger partial charge < -0.3 is 15.3 Å². The van der Waals surface area contributed by atoms with E-state index in [1.807, 2.05) is 13.0 Å². The van der Waals surface area contributed by atoms with Crippen LogP contribution in [0.15, 0.2) is 0 Å². The predicted octanol–water partition coefficient (Wildman–Crippen LogP) is 1.29. The number of nitrogens with zero attached hydrogens (tertiary/aromatic N) is 2. The lowest BCUT2D eigenvalue weighted by atomic mass is 9.99. The highest BCUT2D eigenvalue weighted by atomic mass is 16.4. The Hall–Kier alpha value is -1.77. The predicted molar refractivity (Wildman–Crippen MR) is 66.8 cm³/mol. The summed E-state index contributed by atoms with van der Waals surface area (Å²) in [5.74, 6) is -1.47. The molecule has 0 aromatic rings. The van der Waals surface area contributed by atoms with Gasteiger partial charge in [0, 0.05) is 13.6 Å². The fourth-order valence-electron chi connectivity index (χ4n) is 1.46. The van der Waals surface area contributed by atoms with Crippen LogP contribution < -0.4 is 5.32 Å². The van der Waals surface area contributed by atoms with E-state index in [0.717, 1.165) is 0 Å². The Kier molecular flexibility index (Phi) is 6.79. The summed E-state index contributed by atoms with van der Waals surface area (Å²) in [5, 5.41) is 20.2. The third-order valence-corrected chi connectivity index (χ3v) is 2.87. The van der Waals surface area contributed by atoms with Gasteiger partial charge in [0.2, 0.25) is 0 Å². The third-order valence-electron chi connectivity index (χ3n) is 2.87. The van der Waals surface area contributed by atoms with Crippen molar-refractivity contribution in [2.45, 2.75) is 33.2 Å². The molecule has 102 valence electrons. The van der Waals surface area contributed by atoms with Gasteiger partial charge in [0.05, 0.1) is 12.0 Å². The standard InChI is InChI=1S/C12H21N3O3/c1-5-9(3)10(11(16)17)14-12(18)15(4)7-8(2)6-13/h8-10H,5,7H2,1-4H3,(H,14,18)(H,16,17). The zero-order chi connectivity index (χ0) is 14.3. The molecule has 0 radical (unpaired) electrons. The average Bonchev–Trinajstić information content (AvgIpc) is 2.33. The monoisotopic (exact) mass is 255 g/mol. The Balaban J connectivity index is 4.52. The number of amides is 2. The molecule has 3 unspecified atom stereocenters. The van der Waals surface area contributed by atoms with Crippen LogP contribution in [0, 0.1) is 23.2 Å². The molecule has 0 aliphatic carbocycles. The lowest BCUT2D eigenvalue weighted by Gasteiger charge is -2.24. The van der Waals surface area contributed by atoms with E-state index in [1.54, 1.807) is 20.9 Å². The Morgan fingerprint density at radius 3 is 2.39 bits per heavy atom. The quantitative estimate of drug-likeness (QED) is 0.747. The lowest BCUT2D eigenvalue weighted by Crippen LogP contribution is -2.50. The van der Waals surface area contributed by atoms with Crippen molar-refractivity contribution in [1.29, 1.82) is 5.26 Å². The van der Waals surface area contributed by atoms with Crippen LogP contribution in [0.1, 0.15) is 27.2 Å². The molecule has 0 aliphatic rings. The van der Waals surface area contributed by atoms with Crippen molar-refractivity contribution in [3.63, 3.8) is 0 Å². The summed E-state index contributed by atoms with van der Waals surface area (Å²) in [6.07, 6.45) is 0.662. The number of urea groups is 1. The molecule has 0 saturated heterocycles. The van der Waals surface area contributed by atoms with E-state index in [-0.39, 0.29) is 18.4 Å². The average molecular weight is 255 g/mol. The Morgan fingerprint density at radius 2 is 2.00 bits per heavy atom. The van der Waals surface area contributed by atoms with Gasteiger partial charge in [-0.05, 0) is 12.8 Å². The number of hydrogen-bond donors (Lipinski definition) is 2. The lowest BCUT2D eigenvalue weighted by molar-refractivity contribution is -0.140. The number of carbonyl (C=O) groups is 2. The zero-order valence-corrected chi connectivity index (χ0v) is 11.3. The molecule has 0 fully saturated rings. The Bertz CT molecular complexity index is 338. The molecule has 0 aliphatic heterocycles. The van der Waals surface area contributed by atoms with Gasteiger partial charge in [0.15, 0.2) is 0 Å². The van der Waals surface area contributed by atoms with E-state index in [9.17, 15) is 9.59 Å². The smallest absolute Gasteiger partial charge is 0.326 e. The Labute approximate surface area is 108 Å². The first-order valence-corrected chi connectivity index (χ1v) is 5.97. The van der Waals surface area contributed by atoms with Crippen LogP contribution in [0.3, 0.4) is 0 Å². The molecular formula is C12H21N3O3. The number of nitrogens with one attached hydrogen (secondary N) is 1. The van der Waals surface area contributed by atoms with E-state index in [2.05, 4.69) is 5.32 Å². The van der Waals surface area contributed by atoms with Crippen molar-refractivity contribution in [2.24, 2.45) is 11.8 Å². The molecule has 0 aromatic carbocycles. The third kappa shape index (κ3) is 5.04. The molecule has 0 heterocycles. The first-order chi connectivity index (χ1) is 8.33. The summed E-state index contributed by atoms with van der Waals surface area (Å²) in [6.45, 7) is 5.62. The van der Waals surface area contributed by atoms with Crippen LogP contribution in [-0.4, -0.2) is 41.6 Å². The van der Waals surface area contributed by atoms with Crippen molar-refractivity contribution < 1.29 is 14.7 Å². The number of nitriles is 1. The van der Waals surface area contributed by atoms with Gasteiger partial charge in [-0.1, -0.05) is 20.3 Å². The molecule has 0 aromatic heterocycles. The van der Waals surface area contributed by atoms with E-state index in [1.165, 1.54) is 4.90 Å². The maximum Gasteiger partial charge on any atom is 0.326 e. The fourth-order valence-corrected chi connectivity index (χ4v) is 1.46. The van der Waals surface area contributed by atoms with Crippen LogP contribution in [0.5, 0.6) is 0 Å². The van der Waals surface area contributed by atoms with Crippen molar-refractivity contribution in [1.82, 2.24) is 10.2 Å². The topological polar surface area (TPSA) is 93.4 Å². The minimum absolute atomic E-state index is 0.145. The molecule has 2 amide bonds. The summed E-state index contributed by atoms with van der Waals surface area (Å²) in [6, 6.07) is 0.654. The van der Waals surface area contributed by atoms with E-state index < -0.39 is 18.0 Å². The van der Waals surface area contributed by atoms with Crippen molar-refractivity contribution in [2.75, 3.05) is 13.6 Å². The fraction of sp³-hybridized carbons (Fsp3) is 0.750. The number of carboxylic acids is 1. The second-order valence-electron chi connectivity index (χ2n) is 4.56. The molecule has 18 heavy (non-hydrogen) atoms. The van der Waals surface area contributed by atoms with Crippen molar-refractivity contribution >= 4 is 12.0 Å². The summed E-state index contributed by atoms with van der Waals surface area (Å²) >= 11 is 0. The van der Waals surface area contributed by atoms with Crippen LogP contribution in [0.4, 0.5) is 4.79 Å². The number of carbonyl (C=O) groups excluding carboxylic acids is 1. The summed E-state index contributed by atoms with van der Waals surface area (Å²) < 4.78 is 0. The van der Waals surface area contributed by atoms with Crippen LogP contribution in [0.25, 0.3) is 0 Å². The van der Waals surface area contributed by atoms with E-state index >= 15 is 0 Å². The van der Waals surface area contributed by atoms with Gasteiger partial charge in [-0.3, -0.25) is 0 Å². The number of aliphatic carboxylic acids is 1. The van der Waals surface area contributed by atoms with Crippen molar-refractivity contribution in [3.05, 3.63) is 0 Å². The number of carboxylic acid groups (broad SMARTS) is 1. The van der Waals surface area contributed by atoms with Gasteiger partial charge in [-0.2, -0.15) is 5.26 Å². The highest BCUT2D eigenvalue weighted by Crippen LogP contribution is 2.08. The first kappa shape index (κ1) is 16.2. The van der Waals surface area contributed by atoms with Gasteiger partial charge in [-0.25, -0.2) is 9.59 Å². The zero-order valence-electron chi connectivity index (χ0n) is 11.3. The minimum Gasteiger partial charge on any atom is -0.480 e. The molecule has 0 spiro atoms.